The number of carbonyl (C=O) groups is 1. The van der Waals surface area contributed by atoms with Crippen LogP contribution in [0.5, 0.6) is 5.75 Å². The van der Waals surface area contributed by atoms with Crippen molar-refractivity contribution in [3.63, 3.8) is 0 Å². The van der Waals surface area contributed by atoms with Gasteiger partial charge in [-0.05, 0) is 24.6 Å². The molecule has 0 N–H and O–H groups in total. The zero-order valence-electron chi connectivity index (χ0n) is 11.0. The van der Waals surface area contributed by atoms with Gasteiger partial charge in [0.2, 0.25) is 0 Å². The van der Waals surface area contributed by atoms with E-state index in [1.807, 2.05) is 6.07 Å². The first-order valence-electron chi connectivity index (χ1n) is 5.87. The predicted molar refractivity (Wildman–Crippen MR) is 71.9 cm³/mol. The molecule has 1 aromatic rings. The van der Waals surface area contributed by atoms with Gasteiger partial charge in [0.15, 0.2) is 9.84 Å². The highest BCUT2D eigenvalue weighted by Gasteiger charge is 2.16. The number of nitriles is 1. The summed E-state index contributed by atoms with van der Waals surface area (Å²) in [6.07, 6.45) is 0.260. The third-order valence-corrected chi connectivity index (χ3v) is 3.98. The number of benzene rings is 1. The molecule has 0 bridgehead atoms. The molecule has 0 unspecified atom stereocenters. The highest BCUT2D eigenvalue weighted by Crippen LogP contribution is 2.12. The Kier molecular flexibility index (Phi) is 6.00. The second kappa shape index (κ2) is 7.50. The van der Waals surface area contributed by atoms with Gasteiger partial charge in [0.05, 0.1) is 31.1 Å². The first kappa shape index (κ1) is 16.0. The van der Waals surface area contributed by atoms with E-state index in [2.05, 4.69) is 4.74 Å². The average molecular weight is 297 g/mol. The van der Waals surface area contributed by atoms with E-state index < -0.39 is 21.6 Å². The Morgan fingerprint density at radius 1 is 1.40 bits per heavy atom. The van der Waals surface area contributed by atoms with Crippen molar-refractivity contribution < 1.29 is 22.7 Å². The fourth-order valence-electron chi connectivity index (χ4n) is 1.43. The fourth-order valence-corrected chi connectivity index (χ4v) is 2.61. The van der Waals surface area contributed by atoms with Crippen LogP contribution in [0.1, 0.15) is 12.0 Å². The number of esters is 1. The first-order chi connectivity index (χ1) is 9.46. The van der Waals surface area contributed by atoms with Gasteiger partial charge in [-0.3, -0.25) is 4.79 Å². The molecule has 6 nitrogen and oxygen atoms in total. The highest BCUT2D eigenvalue weighted by atomic mass is 32.2. The Labute approximate surface area is 117 Å². The minimum Gasteiger partial charge on any atom is -0.494 e. The lowest BCUT2D eigenvalue weighted by Gasteiger charge is -2.06. The molecule has 7 heteroatoms. The molecule has 0 heterocycles. The number of carbonyl (C=O) groups excluding carboxylic acids is 1. The maximum absolute atomic E-state index is 11.5. The molecule has 0 aliphatic rings. The average Bonchev–Trinajstić information content (AvgIpc) is 2.43. The summed E-state index contributed by atoms with van der Waals surface area (Å²) in [6, 6.07) is 8.57. The van der Waals surface area contributed by atoms with Gasteiger partial charge in [-0.15, -0.1) is 0 Å². The van der Waals surface area contributed by atoms with Crippen LogP contribution in [0.15, 0.2) is 24.3 Å². The molecule has 0 atom stereocenters. The van der Waals surface area contributed by atoms with E-state index in [-0.39, 0.29) is 18.8 Å². The van der Waals surface area contributed by atoms with Gasteiger partial charge in [0, 0.05) is 0 Å². The summed E-state index contributed by atoms with van der Waals surface area (Å²) < 4.78 is 32.7. The monoisotopic (exact) mass is 297 g/mol. The van der Waals surface area contributed by atoms with Crippen molar-refractivity contribution in [2.45, 2.75) is 6.42 Å². The number of ether oxygens (including phenoxy) is 2. The van der Waals surface area contributed by atoms with Crippen LogP contribution < -0.4 is 4.74 Å². The van der Waals surface area contributed by atoms with E-state index in [1.54, 1.807) is 24.3 Å². The van der Waals surface area contributed by atoms with Gasteiger partial charge in [-0.1, -0.05) is 6.07 Å². The lowest BCUT2D eigenvalue weighted by molar-refractivity contribution is -0.137. The van der Waals surface area contributed by atoms with Crippen molar-refractivity contribution in [3.8, 4) is 11.8 Å². The number of nitrogens with zero attached hydrogens (tertiary/aromatic N) is 1. The van der Waals surface area contributed by atoms with Gasteiger partial charge in [-0.2, -0.15) is 5.26 Å². The van der Waals surface area contributed by atoms with Crippen LogP contribution >= 0.6 is 0 Å². The van der Waals surface area contributed by atoms with Crippen molar-refractivity contribution in [3.05, 3.63) is 29.8 Å². The fraction of sp³-hybridized carbons (Fsp3) is 0.385. The third-order valence-electron chi connectivity index (χ3n) is 2.40. The smallest absolute Gasteiger partial charge is 0.320 e. The van der Waals surface area contributed by atoms with Crippen molar-refractivity contribution in [1.82, 2.24) is 0 Å². The summed E-state index contributed by atoms with van der Waals surface area (Å²) >= 11 is 0. The molecule has 0 radical (unpaired) electrons. The topological polar surface area (TPSA) is 93.5 Å². The van der Waals surface area contributed by atoms with Gasteiger partial charge >= 0.3 is 5.97 Å². The van der Waals surface area contributed by atoms with Crippen LogP contribution in [-0.4, -0.2) is 39.6 Å². The van der Waals surface area contributed by atoms with E-state index in [9.17, 15) is 13.2 Å². The Bertz CT molecular complexity index is 603. The third kappa shape index (κ3) is 5.71. The van der Waals surface area contributed by atoms with Gasteiger partial charge in [-0.25, -0.2) is 8.42 Å². The largest absolute Gasteiger partial charge is 0.494 e. The van der Waals surface area contributed by atoms with E-state index in [1.165, 1.54) is 0 Å². The molecule has 0 saturated heterocycles. The van der Waals surface area contributed by atoms with Crippen LogP contribution in [0, 0.1) is 11.3 Å². The van der Waals surface area contributed by atoms with E-state index in [4.69, 9.17) is 10.00 Å². The van der Waals surface area contributed by atoms with Crippen LogP contribution in [-0.2, 0) is 19.4 Å². The van der Waals surface area contributed by atoms with Crippen molar-refractivity contribution in [1.29, 1.82) is 5.26 Å². The lowest BCUT2D eigenvalue weighted by Crippen LogP contribution is -2.21. The highest BCUT2D eigenvalue weighted by molar-refractivity contribution is 7.92. The Morgan fingerprint density at radius 2 is 2.15 bits per heavy atom. The zero-order chi connectivity index (χ0) is 15.0. The van der Waals surface area contributed by atoms with Crippen molar-refractivity contribution >= 4 is 15.8 Å². The minimum atomic E-state index is -3.47. The predicted octanol–water partition coefficient (Wildman–Crippen LogP) is 0.915. The summed E-state index contributed by atoms with van der Waals surface area (Å²) in [7, 11) is -2.33. The maximum Gasteiger partial charge on any atom is 0.320 e. The number of rotatable bonds is 7. The number of hydrogen-bond acceptors (Lipinski definition) is 6. The first-order valence-corrected chi connectivity index (χ1v) is 7.69. The van der Waals surface area contributed by atoms with Gasteiger partial charge in [0.25, 0.3) is 0 Å². The molecule has 20 heavy (non-hydrogen) atoms. The Morgan fingerprint density at radius 3 is 2.80 bits per heavy atom. The zero-order valence-corrected chi connectivity index (χ0v) is 11.9. The van der Waals surface area contributed by atoms with Crippen molar-refractivity contribution in [2.24, 2.45) is 0 Å². The SMILES string of the molecule is COC(=O)CS(=O)(=O)CCCOc1cccc(C#N)c1. The molecule has 0 aliphatic heterocycles. The maximum atomic E-state index is 11.5. The molecule has 108 valence electrons. The molecular weight excluding hydrogens is 282 g/mol. The van der Waals surface area contributed by atoms with Crippen LogP contribution in [0.2, 0.25) is 0 Å². The molecule has 0 saturated carbocycles. The Balaban J connectivity index is 2.38. The second-order valence-corrected chi connectivity index (χ2v) is 6.19. The summed E-state index contributed by atoms with van der Waals surface area (Å²) in [6.45, 7) is 0.190. The van der Waals surface area contributed by atoms with E-state index >= 15 is 0 Å². The molecule has 0 aliphatic carbocycles. The second-order valence-electron chi connectivity index (χ2n) is 4.01. The lowest BCUT2D eigenvalue weighted by atomic mass is 10.2. The normalized spacial score (nSPS) is 10.6. The van der Waals surface area contributed by atoms with Gasteiger partial charge in [0.1, 0.15) is 11.5 Å². The van der Waals surface area contributed by atoms with Gasteiger partial charge < -0.3 is 9.47 Å². The van der Waals surface area contributed by atoms with E-state index in [0.717, 1.165) is 7.11 Å². The summed E-state index contributed by atoms with van der Waals surface area (Å²) in [5.74, 6) is -1.03. The molecule has 0 amide bonds. The molecule has 0 spiro atoms. The van der Waals surface area contributed by atoms with E-state index in [0.29, 0.717) is 11.3 Å². The minimum absolute atomic E-state index is 0.153. The Hall–Kier alpha value is -2.07. The summed E-state index contributed by atoms with van der Waals surface area (Å²) in [5, 5.41) is 8.72. The molecular formula is C13H15NO5S. The number of hydrogen-bond donors (Lipinski definition) is 0. The summed E-state index contributed by atoms with van der Waals surface area (Å²) in [4.78, 5) is 10.9. The molecule has 1 aromatic carbocycles. The number of sulfone groups is 1. The molecule has 0 fully saturated rings. The van der Waals surface area contributed by atoms with Crippen LogP contribution in [0.25, 0.3) is 0 Å². The van der Waals surface area contributed by atoms with Crippen LogP contribution in [0.4, 0.5) is 0 Å². The van der Waals surface area contributed by atoms with Crippen LogP contribution in [0.3, 0.4) is 0 Å². The van der Waals surface area contributed by atoms with Crippen molar-refractivity contribution in [2.75, 3.05) is 25.2 Å². The molecule has 0 aromatic heterocycles. The summed E-state index contributed by atoms with van der Waals surface area (Å²) in [5.41, 5.74) is 0.473. The standard InChI is InChI=1S/C13H15NO5S/c1-18-13(15)10-20(16,17)7-3-6-19-12-5-2-4-11(8-12)9-14/h2,4-5,8H,3,6-7,10H2,1H3. The quantitative estimate of drug-likeness (QED) is 0.548. The number of methoxy groups -OCH3 is 1. The molecule has 1 rings (SSSR count).